The molecule has 0 fully saturated rings. The maximum atomic E-state index is 11.7. The molecule has 5 nitrogen and oxygen atoms in total. The van der Waals surface area contributed by atoms with Gasteiger partial charge < -0.3 is 11.1 Å². The van der Waals surface area contributed by atoms with E-state index < -0.39 is 0 Å². The molecule has 108 valence electrons. The fourth-order valence-electron chi connectivity index (χ4n) is 2.03. The van der Waals surface area contributed by atoms with Gasteiger partial charge in [-0.15, -0.1) is 0 Å². The number of hydrogen-bond acceptors (Lipinski definition) is 3. The van der Waals surface area contributed by atoms with Crippen LogP contribution in [-0.4, -0.2) is 28.3 Å². The molecule has 0 aliphatic heterocycles. The summed E-state index contributed by atoms with van der Waals surface area (Å²) in [6.45, 7) is 7.59. The van der Waals surface area contributed by atoms with E-state index in [2.05, 4.69) is 23.4 Å². The summed E-state index contributed by atoms with van der Waals surface area (Å²) in [5.41, 5.74) is 7.98. The van der Waals surface area contributed by atoms with Crippen LogP contribution < -0.4 is 11.1 Å². The van der Waals surface area contributed by atoms with Gasteiger partial charge in [0.1, 0.15) is 0 Å². The van der Waals surface area contributed by atoms with Crippen molar-refractivity contribution in [3.05, 3.63) is 17.5 Å². The first-order valence-electron chi connectivity index (χ1n) is 7.09. The quantitative estimate of drug-likeness (QED) is 0.701. The molecule has 0 unspecified atom stereocenters. The zero-order chi connectivity index (χ0) is 14.3. The Bertz CT molecular complexity index is 400. The molecule has 19 heavy (non-hydrogen) atoms. The fourth-order valence-corrected chi connectivity index (χ4v) is 2.03. The lowest BCUT2D eigenvalue weighted by Crippen LogP contribution is -2.41. The lowest BCUT2D eigenvalue weighted by Gasteiger charge is -2.11. The molecule has 0 saturated heterocycles. The van der Waals surface area contributed by atoms with Gasteiger partial charge in [0.05, 0.1) is 11.7 Å². The summed E-state index contributed by atoms with van der Waals surface area (Å²) in [4.78, 5) is 11.7. The molecule has 1 aromatic heterocycles. The van der Waals surface area contributed by atoms with Gasteiger partial charge in [-0.1, -0.05) is 19.8 Å². The van der Waals surface area contributed by atoms with E-state index >= 15 is 0 Å². The summed E-state index contributed by atoms with van der Waals surface area (Å²) in [6.07, 6.45) is 3.70. The summed E-state index contributed by atoms with van der Waals surface area (Å²) in [6, 6.07) is 1.69. The van der Waals surface area contributed by atoms with E-state index in [-0.39, 0.29) is 11.9 Å². The number of carbonyl (C=O) groups excluding carboxylic acids is 1. The van der Waals surface area contributed by atoms with E-state index in [1.807, 2.05) is 18.5 Å². The van der Waals surface area contributed by atoms with Crippen LogP contribution in [-0.2, 0) is 11.3 Å². The number of amides is 1. The number of aromatic nitrogens is 2. The normalized spacial score (nSPS) is 12.4. The Balaban J connectivity index is 2.20. The van der Waals surface area contributed by atoms with Gasteiger partial charge >= 0.3 is 0 Å². The van der Waals surface area contributed by atoms with Crippen molar-refractivity contribution < 1.29 is 4.79 Å². The zero-order valence-corrected chi connectivity index (χ0v) is 12.3. The highest BCUT2D eigenvalue weighted by Gasteiger charge is 2.11. The first kappa shape index (κ1) is 15.7. The maximum absolute atomic E-state index is 11.7. The van der Waals surface area contributed by atoms with Gasteiger partial charge in [0, 0.05) is 18.8 Å². The molecule has 5 heteroatoms. The van der Waals surface area contributed by atoms with Crippen LogP contribution in [0.2, 0.25) is 0 Å². The van der Waals surface area contributed by atoms with E-state index in [9.17, 15) is 4.79 Å². The standard InChI is InChI=1S/C14H26N4O/c1-4-5-7-13(15)14(19)16-8-6-9-18-12(3)10-11(2)17-18/h10,13H,4-9,15H2,1-3H3,(H,16,19)/t13-/m0/s1. The van der Waals surface area contributed by atoms with Crippen molar-refractivity contribution >= 4 is 5.91 Å². The molecule has 1 rings (SSSR count). The van der Waals surface area contributed by atoms with Gasteiger partial charge in [-0.25, -0.2) is 0 Å². The number of rotatable bonds is 8. The van der Waals surface area contributed by atoms with Crippen molar-refractivity contribution in [3.63, 3.8) is 0 Å². The second-order valence-electron chi connectivity index (χ2n) is 5.04. The van der Waals surface area contributed by atoms with E-state index in [0.29, 0.717) is 6.54 Å². The Morgan fingerprint density at radius 1 is 1.47 bits per heavy atom. The predicted octanol–water partition coefficient (Wildman–Crippen LogP) is 1.52. The predicted molar refractivity (Wildman–Crippen MR) is 76.8 cm³/mol. The van der Waals surface area contributed by atoms with Crippen molar-refractivity contribution in [2.24, 2.45) is 5.73 Å². The number of nitrogens with zero attached hydrogens (tertiary/aromatic N) is 2. The Morgan fingerprint density at radius 3 is 2.79 bits per heavy atom. The van der Waals surface area contributed by atoms with Crippen LogP contribution in [0.1, 0.15) is 44.0 Å². The fraction of sp³-hybridized carbons (Fsp3) is 0.714. The van der Waals surface area contributed by atoms with E-state index in [1.165, 1.54) is 0 Å². The summed E-state index contributed by atoms with van der Waals surface area (Å²) in [5, 5.41) is 7.26. The monoisotopic (exact) mass is 266 g/mol. The minimum atomic E-state index is -0.367. The molecular formula is C14H26N4O. The molecule has 0 aliphatic rings. The molecule has 3 N–H and O–H groups in total. The molecule has 1 amide bonds. The molecule has 0 aromatic carbocycles. The second-order valence-corrected chi connectivity index (χ2v) is 5.04. The smallest absolute Gasteiger partial charge is 0.236 e. The van der Waals surface area contributed by atoms with Crippen LogP contribution in [0.25, 0.3) is 0 Å². The molecule has 0 saturated carbocycles. The zero-order valence-electron chi connectivity index (χ0n) is 12.3. The molecule has 1 aromatic rings. The highest BCUT2D eigenvalue weighted by Crippen LogP contribution is 2.02. The van der Waals surface area contributed by atoms with Crippen molar-refractivity contribution in [2.45, 2.75) is 59.0 Å². The number of aryl methyl sites for hydroxylation is 3. The number of carbonyl (C=O) groups is 1. The Kier molecular flexibility index (Phi) is 6.56. The minimum Gasteiger partial charge on any atom is -0.355 e. The molecule has 0 bridgehead atoms. The van der Waals surface area contributed by atoms with Gasteiger partial charge in [0.2, 0.25) is 5.91 Å². The van der Waals surface area contributed by atoms with Crippen molar-refractivity contribution in [1.29, 1.82) is 0 Å². The lowest BCUT2D eigenvalue weighted by atomic mass is 10.1. The summed E-state index contributed by atoms with van der Waals surface area (Å²) >= 11 is 0. The third-order valence-corrected chi connectivity index (χ3v) is 3.15. The maximum Gasteiger partial charge on any atom is 0.236 e. The largest absolute Gasteiger partial charge is 0.355 e. The second kappa shape index (κ2) is 7.94. The third kappa shape index (κ3) is 5.42. The molecule has 0 radical (unpaired) electrons. The highest BCUT2D eigenvalue weighted by atomic mass is 16.2. The Hall–Kier alpha value is -1.36. The third-order valence-electron chi connectivity index (χ3n) is 3.15. The molecule has 0 aliphatic carbocycles. The van der Waals surface area contributed by atoms with Crippen LogP contribution >= 0.6 is 0 Å². The van der Waals surface area contributed by atoms with Crippen molar-refractivity contribution in [2.75, 3.05) is 6.54 Å². The van der Waals surface area contributed by atoms with E-state index in [1.54, 1.807) is 0 Å². The molecule has 1 atom stereocenters. The van der Waals surface area contributed by atoms with E-state index in [4.69, 9.17) is 5.73 Å². The van der Waals surface area contributed by atoms with Gasteiger partial charge in [-0.2, -0.15) is 5.10 Å². The van der Waals surface area contributed by atoms with Gasteiger partial charge in [-0.05, 0) is 32.8 Å². The van der Waals surface area contributed by atoms with Gasteiger partial charge in [-0.3, -0.25) is 9.48 Å². The summed E-state index contributed by atoms with van der Waals surface area (Å²) in [5.74, 6) is -0.0400. The molecule has 1 heterocycles. The van der Waals surface area contributed by atoms with Crippen LogP contribution in [0.3, 0.4) is 0 Å². The average Bonchev–Trinajstić information content (AvgIpc) is 2.69. The SMILES string of the molecule is CCCC[C@H](N)C(=O)NCCCn1nc(C)cc1C. The average molecular weight is 266 g/mol. The Labute approximate surface area is 115 Å². The van der Waals surface area contributed by atoms with Crippen LogP contribution in [0.15, 0.2) is 6.07 Å². The number of hydrogen-bond donors (Lipinski definition) is 2. The number of nitrogens with one attached hydrogen (secondary N) is 1. The number of unbranched alkanes of at least 4 members (excludes halogenated alkanes) is 1. The van der Waals surface area contributed by atoms with Crippen LogP contribution in [0.4, 0.5) is 0 Å². The van der Waals surface area contributed by atoms with Gasteiger partial charge in [0.25, 0.3) is 0 Å². The molecular weight excluding hydrogens is 240 g/mol. The first-order valence-corrected chi connectivity index (χ1v) is 7.09. The summed E-state index contributed by atoms with van der Waals surface area (Å²) < 4.78 is 1.97. The highest BCUT2D eigenvalue weighted by molar-refractivity contribution is 5.81. The van der Waals surface area contributed by atoms with Crippen LogP contribution in [0.5, 0.6) is 0 Å². The summed E-state index contributed by atoms with van der Waals surface area (Å²) in [7, 11) is 0. The topological polar surface area (TPSA) is 72.9 Å². The van der Waals surface area contributed by atoms with Crippen LogP contribution in [0, 0.1) is 13.8 Å². The minimum absolute atomic E-state index is 0.0400. The van der Waals surface area contributed by atoms with Crippen molar-refractivity contribution in [1.82, 2.24) is 15.1 Å². The molecule has 0 spiro atoms. The number of nitrogens with two attached hydrogens (primary N) is 1. The first-order chi connectivity index (χ1) is 9.04. The van der Waals surface area contributed by atoms with Crippen molar-refractivity contribution in [3.8, 4) is 0 Å². The van der Waals surface area contributed by atoms with Gasteiger partial charge in [0.15, 0.2) is 0 Å². The lowest BCUT2D eigenvalue weighted by molar-refractivity contribution is -0.122. The Morgan fingerprint density at radius 2 is 2.21 bits per heavy atom. The van der Waals surface area contributed by atoms with E-state index in [0.717, 1.165) is 43.6 Å².